The van der Waals surface area contributed by atoms with E-state index in [-0.39, 0.29) is 11.8 Å². The molecule has 2 fully saturated rings. The Morgan fingerprint density at radius 2 is 1.78 bits per heavy atom. The molecule has 7 nitrogen and oxygen atoms in total. The number of thiocarbonyl (C=S) groups is 1. The third-order valence-electron chi connectivity index (χ3n) is 4.91. The molecule has 1 heterocycles. The molecule has 0 aromatic heterocycles. The Morgan fingerprint density at radius 1 is 1.11 bits per heavy atom. The zero-order valence-corrected chi connectivity index (χ0v) is 17.5. The largest absolute Gasteiger partial charge is 0.455 e. The van der Waals surface area contributed by atoms with Crippen molar-refractivity contribution in [2.75, 3.05) is 25.4 Å². The first-order chi connectivity index (χ1) is 12.9. The fourth-order valence-corrected chi connectivity index (χ4v) is 4.27. The summed E-state index contributed by atoms with van der Waals surface area (Å²) >= 11 is 6.60. The van der Waals surface area contributed by atoms with Gasteiger partial charge < -0.3 is 15.0 Å². The van der Waals surface area contributed by atoms with Gasteiger partial charge in [0.15, 0.2) is 6.61 Å². The van der Waals surface area contributed by atoms with E-state index in [2.05, 4.69) is 22.5 Å². The van der Waals surface area contributed by atoms with Gasteiger partial charge in [0, 0.05) is 19.1 Å². The van der Waals surface area contributed by atoms with Gasteiger partial charge in [0.2, 0.25) is 0 Å². The molecule has 3 amide bonds. The lowest BCUT2D eigenvalue weighted by Gasteiger charge is -2.31. The number of esters is 1. The number of piperidine rings is 1. The van der Waals surface area contributed by atoms with Crippen molar-refractivity contribution in [3.63, 3.8) is 0 Å². The Hall–Kier alpha value is -1.35. The second-order valence-electron chi connectivity index (χ2n) is 7.24. The average Bonchev–Trinajstić information content (AvgIpc) is 2.65. The third-order valence-corrected chi connectivity index (χ3v) is 6.41. The van der Waals surface area contributed by atoms with E-state index in [1.54, 1.807) is 0 Å². The minimum Gasteiger partial charge on any atom is -0.455 e. The number of nitrogens with zero attached hydrogens (tertiary/aromatic N) is 1. The molecule has 1 aliphatic heterocycles. The van der Waals surface area contributed by atoms with Gasteiger partial charge in [-0.15, -0.1) is 0 Å². The first-order valence-electron chi connectivity index (χ1n) is 9.61. The maximum atomic E-state index is 11.8. The van der Waals surface area contributed by atoms with Gasteiger partial charge in [-0.2, -0.15) is 0 Å². The zero-order valence-electron chi connectivity index (χ0n) is 15.8. The number of urea groups is 1. The normalized spacial score (nSPS) is 18.6. The monoisotopic (exact) mass is 415 g/mol. The van der Waals surface area contributed by atoms with E-state index >= 15 is 0 Å². The smallest absolute Gasteiger partial charge is 0.321 e. The minimum atomic E-state index is -0.630. The van der Waals surface area contributed by atoms with E-state index in [0.29, 0.717) is 10.2 Å². The Morgan fingerprint density at radius 3 is 2.44 bits per heavy atom. The molecule has 0 unspecified atom stereocenters. The first kappa shape index (κ1) is 21.9. The van der Waals surface area contributed by atoms with Crippen LogP contribution in [0.3, 0.4) is 0 Å². The van der Waals surface area contributed by atoms with Crippen LogP contribution in [0.4, 0.5) is 4.79 Å². The SMILES string of the molecule is CC1CCN(C(=S)SCC(=O)OCC(=O)NC(=O)NC2CCCCC2)CC1. The van der Waals surface area contributed by atoms with E-state index in [1.165, 1.54) is 18.2 Å². The summed E-state index contributed by atoms with van der Waals surface area (Å²) < 4.78 is 5.61. The molecule has 2 rings (SSSR count). The standard InChI is InChI=1S/C18H29N3O4S2/c1-13-7-9-21(10-8-13)18(26)27-12-16(23)25-11-15(22)20-17(24)19-14-5-3-2-4-6-14/h13-14H,2-12H2,1H3,(H2,19,20,22,24). The van der Waals surface area contributed by atoms with Crippen LogP contribution < -0.4 is 10.6 Å². The van der Waals surface area contributed by atoms with E-state index < -0.39 is 24.5 Å². The summed E-state index contributed by atoms with van der Waals surface area (Å²) in [4.78, 5) is 37.4. The number of ether oxygens (including phenoxy) is 1. The van der Waals surface area contributed by atoms with Crippen molar-refractivity contribution < 1.29 is 19.1 Å². The molecule has 0 atom stereocenters. The molecule has 1 saturated heterocycles. The number of amides is 3. The number of hydrogen-bond acceptors (Lipinski definition) is 6. The van der Waals surface area contributed by atoms with Crippen LogP contribution in [0.1, 0.15) is 51.9 Å². The number of nitrogens with one attached hydrogen (secondary N) is 2. The number of hydrogen-bond donors (Lipinski definition) is 2. The minimum absolute atomic E-state index is 0.0619. The molecule has 1 saturated carbocycles. The highest BCUT2D eigenvalue weighted by Gasteiger charge is 2.20. The fourth-order valence-electron chi connectivity index (χ4n) is 3.22. The Kier molecular flexibility index (Phi) is 9.33. The number of imide groups is 1. The lowest BCUT2D eigenvalue weighted by Crippen LogP contribution is -2.46. The molecule has 1 aliphatic carbocycles. The van der Waals surface area contributed by atoms with Crippen LogP contribution in [-0.4, -0.2) is 58.6 Å². The number of rotatable bonds is 5. The van der Waals surface area contributed by atoms with Crippen LogP contribution in [0.25, 0.3) is 0 Å². The van der Waals surface area contributed by atoms with Crippen molar-refractivity contribution in [2.24, 2.45) is 5.92 Å². The molecular formula is C18H29N3O4S2. The number of carbonyl (C=O) groups excluding carboxylic acids is 3. The molecule has 2 aliphatic rings. The molecule has 0 bridgehead atoms. The zero-order chi connectivity index (χ0) is 19.6. The van der Waals surface area contributed by atoms with E-state index in [0.717, 1.165) is 51.6 Å². The Bertz CT molecular complexity index is 545. The molecule has 0 radical (unpaired) electrons. The van der Waals surface area contributed by atoms with E-state index in [4.69, 9.17) is 17.0 Å². The molecule has 2 N–H and O–H groups in total. The molecule has 9 heteroatoms. The average molecular weight is 416 g/mol. The first-order valence-corrected chi connectivity index (χ1v) is 11.0. The fraction of sp³-hybridized carbons (Fsp3) is 0.778. The van der Waals surface area contributed by atoms with Gasteiger partial charge in [0.1, 0.15) is 4.32 Å². The molecule has 152 valence electrons. The van der Waals surface area contributed by atoms with Crippen molar-refractivity contribution in [1.29, 1.82) is 0 Å². The lowest BCUT2D eigenvalue weighted by atomic mass is 9.96. The van der Waals surface area contributed by atoms with Crippen molar-refractivity contribution in [3.8, 4) is 0 Å². The maximum Gasteiger partial charge on any atom is 0.321 e. The third kappa shape index (κ3) is 8.47. The van der Waals surface area contributed by atoms with Gasteiger partial charge in [0.05, 0.1) is 5.75 Å². The van der Waals surface area contributed by atoms with Crippen molar-refractivity contribution in [3.05, 3.63) is 0 Å². The summed E-state index contributed by atoms with van der Waals surface area (Å²) in [5, 5.41) is 4.98. The summed E-state index contributed by atoms with van der Waals surface area (Å²) in [6, 6.07) is -0.415. The van der Waals surface area contributed by atoms with Gasteiger partial charge in [-0.25, -0.2) is 4.79 Å². The topological polar surface area (TPSA) is 87.7 Å². The van der Waals surface area contributed by atoms with Gasteiger partial charge in [0.25, 0.3) is 5.91 Å². The summed E-state index contributed by atoms with van der Waals surface area (Å²) in [7, 11) is 0. The predicted octanol–water partition coefficient (Wildman–Crippen LogP) is 2.44. The quantitative estimate of drug-likeness (QED) is 0.527. The molecular weight excluding hydrogens is 386 g/mol. The summed E-state index contributed by atoms with van der Waals surface area (Å²) in [5.41, 5.74) is 0. The van der Waals surface area contributed by atoms with E-state index in [9.17, 15) is 14.4 Å². The van der Waals surface area contributed by atoms with Crippen molar-refractivity contribution >= 4 is 46.2 Å². The molecule has 0 spiro atoms. The highest BCUT2D eigenvalue weighted by atomic mass is 32.2. The number of likely N-dealkylation sites (tertiary alicyclic amines) is 1. The highest BCUT2D eigenvalue weighted by molar-refractivity contribution is 8.23. The second-order valence-corrected chi connectivity index (χ2v) is 8.85. The van der Waals surface area contributed by atoms with Gasteiger partial charge in [-0.1, -0.05) is 50.2 Å². The maximum absolute atomic E-state index is 11.8. The van der Waals surface area contributed by atoms with E-state index in [1.807, 2.05) is 0 Å². The van der Waals surface area contributed by atoms with Gasteiger partial charge >= 0.3 is 12.0 Å². The van der Waals surface area contributed by atoms with Crippen LogP contribution >= 0.6 is 24.0 Å². The molecule has 0 aromatic carbocycles. The van der Waals surface area contributed by atoms with Crippen molar-refractivity contribution in [1.82, 2.24) is 15.5 Å². The second kappa shape index (κ2) is 11.5. The number of thioether (sulfide) groups is 1. The number of carbonyl (C=O) groups is 3. The van der Waals surface area contributed by atoms with Crippen molar-refractivity contribution in [2.45, 2.75) is 57.9 Å². The van der Waals surface area contributed by atoms with Crippen LogP contribution in [0.15, 0.2) is 0 Å². The predicted molar refractivity (Wildman–Crippen MR) is 110 cm³/mol. The van der Waals surface area contributed by atoms with Crippen LogP contribution in [0.2, 0.25) is 0 Å². The summed E-state index contributed by atoms with van der Waals surface area (Å²) in [6.45, 7) is 3.60. The van der Waals surface area contributed by atoms with Crippen LogP contribution in [0, 0.1) is 5.92 Å². The highest BCUT2D eigenvalue weighted by Crippen LogP contribution is 2.20. The molecule has 27 heavy (non-hydrogen) atoms. The van der Waals surface area contributed by atoms with Crippen LogP contribution in [0.5, 0.6) is 0 Å². The lowest BCUT2D eigenvalue weighted by molar-refractivity contribution is -0.145. The Balaban J connectivity index is 1.56. The van der Waals surface area contributed by atoms with Crippen LogP contribution in [-0.2, 0) is 14.3 Å². The summed E-state index contributed by atoms with van der Waals surface area (Å²) in [5.74, 6) is -0.371. The summed E-state index contributed by atoms with van der Waals surface area (Å²) in [6.07, 6.45) is 7.45. The molecule has 0 aromatic rings. The van der Waals surface area contributed by atoms with Gasteiger partial charge in [-0.05, 0) is 31.6 Å². The Labute approximate surface area is 170 Å². The van der Waals surface area contributed by atoms with Gasteiger partial charge in [-0.3, -0.25) is 14.9 Å².